The van der Waals surface area contributed by atoms with E-state index in [-0.39, 0.29) is 11.4 Å². The molecule has 0 saturated carbocycles. The van der Waals surface area contributed by atoms with Crippen LogP contribution in [0.3, 0.4) is 0 Å². The van der Waals surface area contributed by atoms with Gasteiger partial charge in [-0.25, -0.2) is 8.42 Å². The number of hydrogen-bond donors (Lipinski definition) is 1. The topological polar surface area (TPSA) is 111 Å². The van der Waals surface area contributed by atoms with Gasteiger partial charge in [0.1, 0.15) is 11.5 Å². The maximum Gasteiger partial charge on any atom is 0.355 e. The van der Waals surface area contributed by atoms with E-state index in [4.69, 9.17) is 9.47 Å². The molecule has 1 aromatic rings. The van der Waals surface area contributed by atoms with E-state index in [2.05, 4.69) is 9.01 Å². The van der Waals surface area contributed by atoms with Crippen molar-refractivity contribution in [2.24, 2.45) is 0 Å². The standard InChI is InChI=1S/C13H18N2O7S2/c1-20-11-4-6-12(7-5-11)23(16,17)15-10-13(8-2-3-9-21-13)14-24(18,19)22-15/h4-7,14H,2-3,8-10H2,1H3. The maximum absolute atomic E-state index is 12.7. The Morgan fingerprint density at radius 3 is 2.54 bits per heavy atom. The summed E-state index contributed by atoms with van der Waals surface area (Å²) in [5.74, 6) is 0.481. The molecule has 9 nitrogen and oxygen atoms in total. The first-order chi connectivity index (χ1) is 11.3. The van der Waals surface area contributed by atoms with Gasteiger partial charge in [0.2, 0.25) is 0 Å². The summed E-state index contributed by atoms with van der Waals surface area (Å²) in [6.45, 7) is 0.0829. The second kappa shape index (κ2) is 6.24. The van der Waals surface area contributed by atoms with Gasteiger partial charge in [-0.15, -0.1) is 4.28 Å². The van der Waals surface area contributed by atoms with E-state index in [0.717, 1.165) is 12.8 Å². The van der Waals surface area contributed by atoms with Crippen LogP contribution in [0, 0.1) is 0 Å². The second-order valence-electron chi connectivity index (χ2n) is 5.57. The molecule has 3 rings (SSSR count). The van der Waals surface area contributed by atoms with Crippen molar-refractivity contribution in [1.29, 1.82) is 0 Å². The van der Waals surface area contributed by atoms with E-state index in [1.165, 1.54) is 31.4 Å². The fourth-order valence-electron chi connectivity index (χ4n) is 2.67. The van der Waals surface area contributed by atoms with Gasteiger partial charge in [0.05, 0.1) is 18.6 Å². The monoisotopic (exact) mass is 378 g/mol. The predicted octanol–water partition coefficient (Wildman–Crippen LogP) is 0.362. The predicted molar refractivity (Wildman–Crippen MR) is 82.6 cm³/mol. The quantitative estimate of drug-likeness (QED) is 0.808. The Labute approximate surface area is 140 Å². The molecule has 2 saturated heterocycles. The molecule has 1 N–H and O–H groups in total. The van der Waals surface area contributed by atoms with E-state index in [1.54, 1.807) is 0 Å². The Bertz CT molecular complexity index is 799. The average Bonchev–Trinajstić information content (AvgIpc) is 2.54. The third-order valence-corrected chi connectivity index (χ3v) is 6.56. The molecule has 2 fully saturated rings. The van der Waals surface area contributed by atoms with Crippen LogP contribution in [-0.4, -0.2) is 47.3 Å². The summed E-state index contributed by atoms with van der Waals surface area (Å²) in [4.78, 5) is -0.105. The lowest BCUT2D eigenvalue weighted by Crippen LogP contribution is -2.64. The Balaban J connectivity index is 1.93. The van der Waals surface area contributed by atoms with Crippen LogP contribution in [-0.2, 0) is 29.3 Å². The SMILES string of the molecule is COc1ccc(S(=O)(=O)N2CC3(CCCCO3)NS(=O)(=O)O2)cc1. The number of sulfonamides is 1. The van der Waals surface area contributed by atoms with Crippen LogP contribution in [0.2, 0.25) is 0 Å². The van der Waals surface area contributed by atoms with E-state index >= 15 is 0 Å². The lowest BCUT2D eigenvalue weighted by atomic mass is 10.0. The van der Waals surface area contributed by atoms with Gasteiger partial charge in [-0.05, 0) is 43.5 Å². The van der Waals surface area contributed by atoms with Gasteiger partial charge in [0.25, 0.3) is 10.0 Å². The number of ether oxygens (including phenoxy) is 2. The number of rotatable bonds is 3. The Morgan fingerprint density at radius 2 is 1.96 bits per heavy atom. The Hall–Kier alpha value is -1.24. The van der Waals surface area contributed by atoms with Crippen molar-refractivity contribution in [2.45, 2.75) is 29.9 Å². The van der Waals surface area contributed by atoms with Gasteiger partial charge in [-0.1, -0.05) is 4.47 Å². The molecule has 2 aliphatic heterocycles. The first-order valence-corrected chi connectivity index (χ1v) is 10.2. The smallest absolute Gasteiger partial charge is 0.355 e. The van der Waals surface area contributed by atoms with Crippen molar-refractivity contribution in [2.75, 3.05) is 20.3 Å². The minimum atomic E-state index is -4.30. The lowest BCUT2D eigenvalue weighted by Gasteiger charge is -2.42. The van der Waals surface area contributed by atoms with Gasteiger partial charge in [0, 0.05) is 6.61 Å². The largest absolute Gasteiger partial charge is 0.497 e. The van der Waals surface area contributed by atoms with Gasteiger partial charge < -0.3 is 9.47 Å². The third-order valence-electron chi connectivity index (χ3n) is 3.86. The minimum absolute atomic E-state index is 0.105. The van der Waals surface area contributed by atoms with Crippen molar-refractivity contribution in [3.63, 3.8) is 0 Å². The Morgan fingerprint density at radius 1 is 1.25 bits per heavy atom. The molecule has 1 unspecified atom stereocenters. The number of hydrogen-bond acceptors (Lipinski definition) is 7. The fraction of sp³-hybridized carbons (Fsp3) is 0.538. The number of hydroxylamine groups is 1. The highest BCUT2D eigenvalue weighted by atomic mass is 32.2. The molecule has 0 aliphatic carbocycles. The molecular formula is C13H18N2O7S2. The minimum Gasteiger partial charge on any atom is -0.497 e. The molecule has 0 bridgehead atoms. The van der Waals surface area contributed by atoms with Crippen molar-refractivity contribution in [3.8, 4) is 5.75 Å². The first-order valence-electron chi connectivity index (χ1n) is 7.31. The molecule has 24 heavy (non-hydrogen) atoms. The van der Waals surface area contributed by atoms with E-state index < -0.39 is 26.1 Å². The molecular weight excluding hydrogens is 360 g/mol. The summed E-state index contributed by atoms with van der Waals surface area (Å²) < 4.78 is 67.3. The number of methoxy groups -OCH3 is 1. The molecule has 1 atom stereocenters. The van der Waals surface area contributed by atoms with Crippen molar-refractivity contribution < 1.29 is 30.6 Å². The summed E-state index contributed by atoms with van der Waals surface area (Å²) in [7, 11) is -7.02. The number of benzene rings is 1. The fourth-order valence-corrected chi connectivity index (χ4v) is 5.32. The molecule has 0 radical (unpaired) electrons. The highest BCUT2D eigenvalue weighted by molar-refractivity contribution is 7.90. The molecule has 134 valence electrons. The molecule has 2 aliphatic rings. The second-order valence-corrected chi connectivity index (χ2v) is 8.66. The first kappa shape index (κ1) is 17.6. The summed E-state index contributed by atoms with van der Waals surface area (Å²) in [5.41, 5.74) is -1.30. The van der Waals surface area contributed by atoms with E-state index in [1.807, 2.05) is 0 Å². The average molecular weight is 378 g/mol. The van der Waals surface area contributed by atoms with Crippen LogP contribution in [0.25, 0.3) is 0 Å². The number of nitrogens with one attached hydrogen (secondary N) is 1. The van der Waals surface area contributed by atoms with Crippen LogP contribution in [0.4, 0.5) is 0 Å². The highest BCUT2D eigenvalue weighted by Crippen LogP contribution is 2.31. The van der Waals surface area contributed by atoms with E-state index in [0.29, 0.717) is 23.2 Å². The molecule has 2 heterocycles. The number of nitrogens with zero attached hydrogens (tertiary/aromatic N) is 1. The zero-order valence-electron chi connectivity index (χ0n) is 13.0. The van der Waals surface area contributed by atoms with Gasteiger partial charge in [0.15, 0.2) is 0 Å². The van der Waals surface area contributed by atoms with Crippen LogP contribution in [0.15, 0.2) is 29.2 Å². The summed E-state index contributed by atoms with van der Waals surface area (Å²) in [6.07, 6.45) is 1.87. The Kier molecular flexibility index (Phi) is 4.57. The maximum atomic E-state index is 12.7. The van der Waals surface area contributed by atoms with Crippen molar-refractivity contribution >= 4 is 20.3 Å². The normalized spacial score (nSPS) is 27.9. The molecule has 11 heteroatoms. The van der Waals surface area contributed by atoms with Crippen molar-refractivity contribution in [1.82, 2.24) is 9.19 Å². The van der Waals surface area contributed by atoms with Crippen LogP contribution < -0.4 is 9.46 Å². The molecule has 0 aromatic heterocycles. The molecule has 0 amide bonds. The zero-order valence-corrected chi connectivity index (χ0v) is 14.6. The molecule has 1 aromatic carbocycles. The summed E-state index contributed by atoms with van der Waals surface area (Å²) in [5, 5.41) is 0. The molecule has 1 spiro atoms. The van der Waals surface area contributed by atoms with Crippen LogP contribution >= 0.6 is 0 Å². The highest BCUT2D eigenvalue weighted by Gasteiger charge is 2.49. The lowest BCUT2D eigenvalue weighted by molar-refractivity contribution is -0.145. The van der Waals surface area contributed by atoms with Crippen LogP contribution in [0.5, 0.6) is 5.75 Å². The van der Waals surface area contributed by atoms with Gasteiger partial charge >= 0.3 is 10.3 Å². The van der Waals surface area contributed by atoms with E-state index in [9.17, 15) is 16.8 Å². The zero-order chi connectivity index (χ0) is 17.4. The van der Waals surface area contributed by atoms with Gasteiger partial charge in [-0.3, -0.25) is 0 Å². The van der Waals surface area contributed by atoms with Crippen molar-refractivity contribution in [3.05, 3.63) is 24.3 Å². The third kappa shape index (κ3) is 3.41. The van der Waals surface area contributed by atoms with Gasteiger partial charge in [-0.2, -0.15) is 13.1 Å². The summed E-state index contributed by atoms with van der Waals surface area (Å²) >= 11 is 0. The summed E-state index contributed by atoms with van der Waals surface area (Å²) in [6, 6.07) is 5.58. The van der Waals surface area contributed by atoms with Crippen LogP contribution in [0.1, 0.15) is 19.3 Å².